The summed E-state index contributed by atoms with van der Waals surface area (Å²) in [5.41, 5.74) is 6.85. The van der Waals surface area contributed by atoms with Crippen LogP contribution in [0.4, 0.5) is 5.69 Å². The number of likely N-dealkylation sites (tertiary alicyclic amines) is 1. The normalized spacial score (nSPS) is 18.5. The highest BCUT2D eigenvalue weighted by molar-refractivity contribution is 9.10. The van der Waals surface area contributed by atoms with E-state index < -0.39 is 5.97 Å². The molecule has 1 aliphatic rings. The number of hydrogen-bond donors (Lipinski definition) is 2. The Hall–Kier alpha value is -1.56. The van der Waals surface area contributed by atoms with Crippen molar-refractivity contribution in [1.82, 2.24) is 4.90 Å². The van der Waals surface area contributed by atoms with E-state index in [-0.39, 0.29) is 18.4 Å². The highest BCUT2D eigenvalue weighted by atomic mass is 79.9. The standard InChI is InChI=1S/C15H19BrN2O3/c16-10-4-6-12(13(17)9-10)15(21)18-8-2-1-3-11(18)5-7-14(19)20/h4,6,9,11H,1-3,5,7-8,17H2,(H,19,20). The molecule has 21 heavy (non-hydrogen) atoms. The Morgan fingerprint density at radius 1 is 1.38 bits per heavy atom. The SMILES string of the molecule is Nc1cc(Br)ccc1C(=O)N1CCCCC1CCC(=O)O. The zero-order valence-electron chi connectivity index (χ0n) is 11.7. The maximum absolute atomic E-state index is 12.7. The third kappa shape index (κ3) is 3.97. The molecule has 1 saturated heterocycles. The van der Waals surface area contributed by atoms with Crippen LogP contribution in [0.1, 0.15) is 42.5 Å². The van der Waals surface area contributed by atoms with Gasteiger partial charge in [0.2, 0.25) is 0 Å². The molecular formula is C15H19BrN2O3. The molecule has 0 bridgehead atoms. The lowest BCUT2D eigenvalue weighted by Crippen LogP contribution is -2.44. The Morgan fingerprint density at radius 2 is 2.14 bits per heavy atom. The number of amides is 1. The zero-order valence-corrected chi connectivity index (χ0v) is 13.3. The van der Waals surface area contributed by atoms with E-state index in [2.05, 4.69) is 15.9 Å². The van der Waals surface area contributed by atoms with E-state index in [0.29, 0.717) is 24.2 Å². The fraction of sp³-hybridized carbons (Fsp3) is 0.467. The van der Waals surface area contributed by atoms with Gasteiger partial charge in [-0.2, -0.15) is 0 Å². The average molecular weight is 355 g/mol. The number of nitrogens with zero attached hydrogens (tertiary/aromatic N) is 1. The molecule has 1 fully saturated rings. The van der Waals surface area contributed by atoms with Crippen LogP contribution in [0.3, 0.4) is 0 Å². The third-order valence-electron chi connectivity index (χ3n) is 3.82. The van der Waals surface area contributed by atoms with Gasteiger partial charge in [-0.15, -0.1) is 0 Å². The first-order chi connectivity index (χ1) is 9.99. The summed E-state index contributed by atoms with van der Waals surface area (Å²) in [6.07, 6.45) is 3.42. The Kier molecular flexibility index (Phi) is 5.22. The van der Waals surface area contributed by atoms with E-state index in [1.54, 1.807) is 23.1 Å². The van der Waals surface area contributed by atoms with Gasteiger partial charge in [-0.3, -0.25) is 9.59 Å². The number of piperidine rings is 1. The summed E-state index contributed by atoms with van der Waals surface area (Å²) in [7, 11) is 0. The monoisotopic (exact) mass is 354 g/mol. The highest BCUT2D eigenvalue weighted by Gasteiger charge is 2.28. The first-order valence-corrected chi connectivity index (χ1v) is 7.86. The van der Waals surface area contributed by atoms with Gasteiger partial charge in [-0.05, 0) is 43.9 Å². The van der Waals surface area contributed by atoms with Crippen LogP contribution in [0.25, 0.3) is 0 Å². The van der Waals surface area contributed by atoms with E-state index in [0.717, 1.165) is 23.7 Å². The molecule has 2 rings (SSSR count). The molecule has 1 aromatic rings. The number of aliphatic carboxylic acids is 1. The fourth-order valence-electron chi connectivity index (χ4n) is 2.74. The smallest absolute Gasteiger partial charge is 0.303 e. The molecular weight excluding hydrogens is 336 g/mol. The van der Waals surface area contributed by atoms with Gasteiger partial charge in [0, 0.05) is 29.2 Å². The van der Waals surface area contributed by atoms with Crippen molar-refractivity contribution in [3.63, 3.8) is 0 Å². The number of benzene rings is 1. The number of carboxylic acids is 1. The Morgan fingerprint density at radius 3 is 2.81 bits per heavy atom. The number of carbonyl (C=O) groups is 2. The van der Waals surface area contributed by atoms with Crippen LogP contribution in [0.5, 0.6) is 0 Å². The molecule has 0 radical (unpaired) electrons. The molecule has 1 atom stereocenters. The van der Waals surface area contributed by atoms with Gasteiger partial charge < -0.3 is 15.7 Å². The Balaban J connectivity index is 2.16. The van der Waals surface area contributed by atoms with Crippen molar-refractivity contribution in [2.24, 2.45) is 0 Å². The van der Waals surface area contributed by atoms with E-state index in [4.69, 9.17) is 10.8 Å². The first kappa shape index (κ1) is 15.8. The molecule has 1 unspecified atom stereocenters. The van der Waals surface area contributed by atoms with Crippen molar-refractivity contribution >= 4 is 33.5 Å². The maximum atomic E-state index is 12.7. The third-order valence-corrected chi connectivity index (χ3v) is 4.32. The molecule has 1 amide bonds. The van der Waals surface area contributed by atoms with Crippen molar-refractivity contribution in [1.29, 1.82) is 0 Å². The zero-order chi connectivity index (χ0) is 15.4. The molecule has 6 heteroatoms. The van der Waals surface area contributed by atoms with Gasteiger partial charge in [0.15, 0.2) is 0 Å². The number of halogens is 1. The highest BCUT2D eigenvalue weighted by Crippen LogP contribution is 2.26. The minimum atomic E-state index is -0.823. The quantitative estimate of drug-likeness (QED) is 0.814. The summed E-state index contributed by atoms with van der Waals surface area (Å²) >= 11 is 3.32. The predicted octanol–water partition coefficient (Wildman–Crippen LogP) is 2.89. The van der Waals surface area contributed by atoms with Gasteiger partial charge in [0.25, 0.3) is 5.91 Å². The topological polar surface area (TPSA) is 83.6 Å². The van der Waals surface area contributed by atoms with Crippen LogP contribution in [0.15, 0.2) is 22.7 Å². The van der Waals surface area contributed by atoms with Crippen molar-refractivity contribution in [3.8, 4) is 0 Å². The molecule has 3 N–H and O–H groups in total. The van der Waals surface area contributed by atoms with Gasteiger partial charge in [0.1, 0.15) is 0 Å². The molecule has 0 aromatic heterocycles. The summed E-state index contributed by atoms with van der Waals surface area (Å²) in [6.45, 7) is 0.665. The van der Waals surface area contributed by atoms with Crippen LogP contribution in [-0.4, -0.2) is 34.5 Å². The molecule has 1 aliphatic heterocycles. The van der Waals surface area contributed by atoms with E-state index in [1.165, 1.54) is 0 Å². The van der Waals surface area contributed by atoms with Gasteiger partial charge >= 0.3 is 5.97 Å². The molecule has 0 spiro atoms. The second-order valence-corrected chi connectivity index (χ2v) is 6.23. The summed E-state index contributed by atoms with van der Waals surface area (Å²) in [5.74, 6) is -0.925. The lowest BCUT2D eigenvalue weighted by Gasteiger charge is -2.36. The van der Waals surface area contributed by atoms with E-state index >= 15 is 0 Å². The van der Waals surface area contributed by atoms with Crippen LogP contribution in [-0.2, 0) is 4.79 Å². The van der Waals surface area contributed by atoms with E-state index in [9.17, 15) is 9.59 Å². The number of rotatable bonds is 4. The number of nitrogen functional groups attached to an aromatic ring is 1. The summed E-state index contributed by atoms with van der Waals surface area (Å²) in [5, 5.41) is 8.83. The number of carboxylic acid groups (broad SMARTS) is 1. The van der Waals surface area contributed by atoms with Gasteiger partial charge in [-0.1, -0.05) is 15.9 Å². The summed E-state index contributed by atoms with van der Waals surface area (Å²) in [6, 6.07) is 5.21. The van der Waals surface area contributed by atoms with Crippen LogP contribution >= 0.6 is 15.9 Å². The largest absolute Gasteiger partial charge is 0.481 e. The summed E-state index contributed by atoms with van der Waals surface area (Å²) in [4.78, 5) is 25.2. The lowest BCUT2D eigenvalue weighted by molar-refractivity contribution is -0.137. The van der Waals surface area contributed by atoms with Crippen molar-refractivity contribution < 1.29 is 14.7 Å². The minimum Gasteiger partial charge on any atom is -0.481 e. The van der Waals surface area contributed by atoms with Crippen molar-refractivity contribution in [3.05, 3.63) is 28.2 Å². The second kappa shape index (κ2) is 6.93. The van der Waals surface area contributed by atoms with Crippen molar-refractivity contribution in [2.45, 2.75) is 38.1 Å². The molecule has 5 nitrogen and oxygen atoms in total. The number of anilines is 1. The number of carbonyl (C=O) groups excluding carboxylic acids is 1. The molecule has 1 aromatic carbocycles. The minimum absolute atomic E-state index is 0.00889. The second-order valence-electron chi connectivity index (χ2n) is 5.31. The Bertz CT molecular complexity index is 548. The fourth-order valence-corrected chi connectivity index (χ4v) is 3.12. The van der Waals surface area contributed by atoms with Gasteiger partial charge in [-0.25, -0.2) is 0 Å². The summed E-state index contributed by atoms with van der Waals surface area (Å²) < 4.78 is 0.831. The molecule has 114 valence electrons. The molecule has 0 saturated carbocycles. The molecule has 1 heterocycles. The molecule has 0 aliphatic carbocycles. The van der Waals surface area contributed by atoms with E-state index in [1.807, 2.05) is 0 Å². The Labute approximate surface area is 132 Å². The van der Waals surface area contributed by atoms with Gasteiger partial charge in [0.05, 0.1) is 5.56 Å². The lowest BCUT2D eigenvalue weighted by atomic mass is 9.96. The predicted molar refractivity (Wildman–Crippen MR) is 84.1 cm³/mol. The number of hydrogen-bond acceptors (Lipinski definition) is 3. The van der Waals surface area contributed by atoms with Crippen molar-refractivity contribution in [2.75, 3.05) is 12.3 Å². The van der Waals surface area contributed by atoms with Crippen LogP contribution in [0.2, 0.25) is 0 Å². The van der Waals surface area contributed by atoms with Crippen LogP contribution < -0.4 is 5.73 Å². The number of nitrogens with two attached hydrogens (primary N) is 1. The first-order valence-electron chi connectivity index (χ1n) is 7.07. The van der Waals surface area contributed by atoms with Crippen LogP contribution in [0, 0.1) is 0 Å². The maximum Gasteiger partial charge on any atom is 0.303 e. The average Bonchev–Trinajstić information content (AvgIpc) is 2.45.